The third kappa shape index (κ3) is 7.91. The van der Waals surface area contributed by atoms with Gasteiger partial charge in [-0.2, -0.15) is 0 Å². The molecule has 0 aromatic rings. The second-order valence-corrected chi connectivity index (χ2v) is 5.93. The summed E-state index contributed by atoms with van der Waals surface area (Å²) >= 11 is 0. The molecule has 0 radical (unpaired) electrons. The number of carbonyl (C=O) groups is 4. The summed E-state index contributed by atoms with van der Waals surface area (Å²) in [6, 6.07) is -3.19. The van der Waals surface area contributed by atoms with Crippen LogP contribution in [0.25, 0.3) is 0 Å². The fourth-order valence-electron chi connectivity index (χ4n) is 2.03. The minimum atomic E-state index is -1.17. The van der Waals surface area contributed by atoms with Gasteiger partial charge in [-0.3, -0.25) is 14.4 Å². The van der Waals surface area contributed by atoms with Crippen LogP contribution in [0, 0.1) is 5.92 Å². The molecule has 0 aliphatic heterocycles. The summed E-state index contributed by atoms with van der Waals surface area (Å²) in [4.78, 5) is 46.4. The Bertz CT molecular complexity index is 466. The van der Waals surface area contributed by atoms with E-state index in [1.54, 1.807) is 6.92 Å². The molecule has 0 saturated carbocycles. The second-order valence-electron chi connectivity index (χ2n) is 5.93. The van der Waals surface area contributed by atoms with Gasteiger partial charge in [-0.15, -0.1) is 0 Å². The van der Waals surface area contributed by atoms with E-state index in [4.69, 9.17) is 5.11 Å². The Hall–Kier alpha value is -2.16. The summed E-state index contributed by atoms with van der Waals surface area (Å²) in [5.74, 6) is -2.93. The van der Waals surface area contributed by atoms with Gasteiger partial charge >= 0.3 is 5.97 Å². The molecule has 9 heteroatoms. The van der Waals surface area contributed by atoms with E-state index < -0.39 is 48.4 Å². The molecule has 3 amide bonds. The molecule has 5 N–H and O–H groups in total. The molecule has 9 nitrogen and oxygen atoms in total. The Morgan fingerprint density at radius 2 is 1.42 bits per heavy atom. The zero-order chi connectivity index (χ0) is 18.9. The van der Waals surface area contributed by atoms with Crippen molar-refractivity contribution in [3.63, 3.8) is 0 Å². The van der Waals surface area contributed by atoms with Gasteiger partial charge in [0.15, 0.2) is 0 Å². The van der Waals surface area contributed by atoms with E-state index in [9.17, 15) is 24.3 Å². The van der Waals surface area contributed by atoms with E-state index in [0.717, 1.165) is 0 Å². The highest BCUT2D eigenvalue weighted by molar-refractivity contribution is 5.93. The van der Waals surface area contributed by atoms with Crippen molar-refractivity contribution >= 4 is 23.7 Å². The van der Waals surface area contributed by atoms with Crippen LogP contribution in [-0.4, -0.2) is 58.6 Å². The number of rotatable bonds is 10. The minimum absolute atomic E-state index is 0.0549. The van der Waals surface area contributed by atoms with Crippen LogP contribution in [0.1, 0.15) is 40.5 Å². The van der Waals surface area contributed by atoms with E-state index in [1.165, 1.54) is 6.92 Å². The van der Waals surface area contributed by atoms with E-state index in [-0.39, 0.29) is 18.8 Å². The Morgan fingerprint density at radius 1 is 0.917 bits per heavy atom. The van der Waals surface area contributed by atoms with Crippen molar-refractivity contribution in [2.75, 3.05) is 6.61 Å². The minimum Gasteiger partial charge on any atom is -0.480 e. The SMILES string of the molecule is CC[C@H](NC(=O)[C@H](CC(C)C)NC(=O)[C@H](CO)NC(C)=O)C(=O)O. The maximum atomic E-state index is 12.3. The van der Waals surface area contributed by atoms with Crippen molar-refractivity contribution in [1.29, 1.82) is 0 Å². The monoisotopic (exact) mass is 345 g/mol. The van der Waals surface area contributed by atoms with Crippen LogP contribution in [0.3, 0.4) is 0 Å². The predicted molar refractivity (Wildman–Crippen MR) is 85.9 cm³/mol. The Balaban J connectivity index is 5.04. The van der Waals surface area contributed by atoms with Crippen molar-refractivity contribution in [3.8, 4) is 0 Å². The molecule has 0 bridgehead atoms. The highest BCUT2D eigenvalue weighted by Gasteiger charge is 2.28. The van der Waals surface area contributed by atoms with Crippen molar-refractivity contribution in [3.05, 3.63) is 0 Å². The largest absolute Gasteiger partial charge is 0.480 e. The predicted octanol–water partition coefficient (Wildman–Crippen LogP) is -1.01. The molecule has 0 heterocycles. The van der Waals surface area contributed by atoms with E-state index in [2.05, 4.69) is 16.0 Å². The van der Waals surface area contributed by atoms with Gasteiger partial charge in [0.1, 0.15) is 18.1 Å². The van der Waals surface area contributed by atoms with Crippen LogP contribution >= 0.6 is 0 Å². The van der Waals surface area contributed by atoms with Crippen LogP contribution in [0.5, 0.6) is 0 Å². The maximum absolute atomic E-state index is 12.3. The van der Waals surface area contributed by atoms with Crippen molar-refractivity contribution in [2.45, 2.75) is 58.7 Å². The number of carboxylic acid groups (broad SMARTS) is 1. The Kier molecular flexibility index (Phi) is 9.63. The average molecular weight is 345 g/mol. The molecule has 0 saturated heterocycles. The molecular formula is C15H27N3O6. The number of aliphatic hydroxyl groups is 1. The number of hydrogen-bond acceptors (Lipinski definition) is 5. The standard InChI is InChI=1S/C15H27N3O6/c1-5-10(15(23)24)17-13(21)11(6-8(2)3)18-14(22)12(7-19)16-9(4)20/h8,10-12,19H,5-7H2,1-4H3,(H,16,20)(H,17,21)(H,18,22)(H,23,24)/t10-,11-,12-/m0/s1. The Labute approximate surface area is 141 Å². The lowest BCUT2D eigenvalue weighted by Gasteiger charge is -2.24. The first kappa shape index (κ1) is 21.8. The summed E-state index contributed by atoms with van der Waals surface area (Å²) in [7, 11) is 0. The number of carboxylic acids is 1. The highest BCUT2D eigenvalue weighted by Crippen LogP contribution is 2.06. The van der Waals surface area contributed by atoms with E-state index in [1.807, 2.05) is 13.8 Å². The van der Waals surface area contributed by atoms with Gasteiger partial charge in [-0.1, -0.05) is 20.8 Å². The summed E-state index contributed by atoms with van der Waals surface area (Å²) in [5, 5.41) is 25.3. The molecule has 3 atom stereocenters. The quantitative estimate of drug-likeness (QED) is 0.343. The molecule has 0 spiro atoms. The number of aliphatic carboxylic acids is 1. The second kappa shape index (κ2) is 10.6. The zero-order valence-electron chi connectivity index (χ0n) is 14.5. The lowest BCUT2D eigenvalue weighted by atomic mass is 10.0. The van der Waals surface area contributed by atoms with Crippen LogP contribution in [-0.2, 0) is 19.2 Å². The van der Waals surface area contributed by atoms with Crippen molar-refractivity contribution in [1.82, 2.24) is 16.0 Å². The molecular weight excluding hydrogens is 318 g/mol. The topological polar surface area (TPSA) is 145 Å². The first-order valence-corrected chi connectivity index (χ1v) is 7.83. The molecule has 24 heavy (non-hydrogen) atoms. The normalized spacial score (nSPS) is 14.4. The van der Waals surface area contributed by atoms with Crippen molar-refractivity contribution in [2.24, 2.45) is 5.92 Å². The summed E-state index contributed by atoms with van der Waals surface area (Å²) in [6.07, 6.45) is 0.487. The van der Waals surface area contributed by atoms with Crippen LogP contribution in [0.2, 0.25) is 0 Å². The summed E-state index contributed by atoms with van der Waals surface area (Å²) in [5.41, 5.74) is 0. The first-order valence-electron chi connectivity index (χ1n) is 7.83. The average Bonchev–Trinajstić information content (AvgIpc) is 2.47. The lowest BCUT2D eigenvalue weighted by Crippen LogP contribution is -2.56. The third-order valence-electron chi connectivity index (χ3n) is 3.24. The smallest absolute Gasteiger partial charge is 0.326 e. The van der Waals surface area contributed by atoms with Crippen LogP contribution in [0.15, 0.2) is 0 Å². The van der Waals surface area contributed by atoms with E-state index in [0.29, 0.717) is 0 Å². The molecule has 0 aliphatic carbocycles. The van der Waals surface area contributed by atoms with Gasteiger partial charge in [0, 0.05) is 6.92 Å². The van der Waals surface area contributed by atoms with Crippen LogP contribution < -0.4 is 16.0 Å². The van der Waals surface area contributed by atoms with E-state index >= 15 is 0 Å². The number of amides is 3. The van der Waals surface area contributed by atoms with Gasteiger partial charge in [-0.05, 0) is 18.8 Å². The Morgan fingerprint density at radius 3 is 1.79 bits per heavy atom. The van der Waals surface area contributed by atoms with Gasteiger partial charge < -0.3 is 26.2 Å². The molecule has 0 aromatic heterocycles. The first-order chi connectivity index (χ1) is 11.1. The summed E-state index contributed by atoms with van der Waals surface area (Å²) in [6.45, 7) is 5.89. The van der Waals surface area contributed by atoms with Crippen molar-refractivity contribution < 1.29 is 29.4 Å². The van der Waals surface area contributed by atoms with Crippen LogP contribution in [0.4, 0.5) is 0 Å². The van der Waals surface area contributed by atoms with Gasteiger partial charge in [0.2, 0.25) is 17.7 Å². The van der Waals surface area contributed by atoms with Gasteiger partial charge in [-0.25, -0.2) is 4.79 Å². The summed E-state index contributed by atoms with van der Waals surface area (Å²) < 4.78 is 0. The molecule has 0 aliphatic rings. The molecule has 0 fully saturated rings. The van der Waals surface area contributed by atoms with Gasteiger partial charge in [0.05, 0.1) is 6.61 Å². The maximum Gasteiger partial charge on any atom is 0.326 e. The molecule has 0 aromatic carbocycles. The molecule has 0 unspecified atom stereocenters. The number of aliphatic hydroxyl groups excluding tert-OH is 1. The lowest BCUT2D eigenvalue weighted by molar-refractivity contribution is -0.142. The zero-order valence-corrected chi connectivity index (χ0v) is 14.5. The highest BCUT2D eigenvalue weighted by atomic mass is 16.4. The third-order valence-corrected chi connectivity index (χ3v) is 3.24. The number of nitrogens with one attached hydrogen (secondary N) is 3. The number of hydrogen-bond donors (Lipinski definition) is 5. The molecule has 0 rings (SSSR count). The van der Waals surface area contributed by atoms with Gasteiger partial charge in [0.25, 0.3) is 0 Å². The number of carbonyl (C=O) groups excluding carboxylic acids is 3. The molecule has 138 valence electrons. The fourth-order valence-corrected chi connectivity index (χ4v) is 2.03. The fraction of sp³-hybridized carbons (Fsp3) is 0.733.